The van der Waals surface area contributed by atoms with Crippen LogP contribution in [0.5, 0.6) is 0 Å². The molecule has 0 unspecified atom stereocenters. The molecule has 3 nitrogen and oxygen atoms in total. The van der Waals surface area contributed by atoms with Crippen LogP contribution in [-0.2, 0) is 17.3 Å². The van der Waals surface area contributed by atoms with E-state index in [-0.39, 0.29) is 12.2 Å². The van der Waals surface area contributed by atoms with Gasteiger partial charge in [0.05, 0.1) is 11.9 Å². The van der Waals surface area contributed by atoms with Crippen LogP contribution >= 0.6 is 0 Å². The highest BCUT2D eigenvalue weighted by atomic mass is 19.1. The van der Waals surface area contributed by atoms with Crippen LogP contribution in [0.1, 0.15) is 31.5 Å². The number of fused-ring (bicyclic) bond motifs is 1. The van der Waals surface area contributed by atoms with Crippen LogP contribution in [0.25, 0.3) is 10.9 Å². The molecule has 0 aliphatic rings. The number of aryl methyl sites for hydroxylation is 2. The van der Waals surface area contributed by atoms with E-state index in [1.807, 2.05) is 24.6 Å². The van der Waals surface area contributed by atoms with Gasteiger partial charge in [-0.05, 0) is 24.6 Å². The number of carboxylic acids is 1. The summed E-state index contributed by atoms with van der Waals surface area (Å²) in [6.07, 6.45) is -0.0960. The van der Waals surface area contributed by atoms with Crippen LogP contribution < -0.4 is 0 Å². The maximum Gasteiger partial charge on any atom is 0.304 e. The highest BCUT2D eigenvalue weighted by molar-refractivity contribution is 5.83. The third-order valence-electron chi connectivity index (χ3n) is 3.72. The Hall–Kier alpha value is -1.84. The van der Waals surface area contributed by atoms with Crippen LogP contribution in [-0.4, -0.2) is 15.6 Å². The second kappa shape index (κ2) is 4.37. The fraction of sp³-hybridized carbons (Fsp3) is 0.400. The predicted molar refractivity (Wildman–Crippen MR) is 72.9 cm³/mol. The highest BCUT2D eigenvalue weighted by Gasteiger charge is 2.28. The Morgan fingerprint density at radius 2 is 2.05 bits per heavy atom. The van der Waals surface area contributed by atoms with Crippen LogP contribution in [0.4, 0.5) is 4.39 Å². The molecule has 2 aromatic rings. The average molecular weight is 263 g/mol. The third kappa shape index (κ3) is 2.23. The molecule has 4 heteroatoms. The molecule has 0 aliphatic carbocycles. The fourth-order valence-electron chi connectivity index (χ4n) is 2.50. The van der Waals surface area contributed by atoms with E-state index >= 15 is 0 Å². The Bertz CT molecular complexity index is 656. The molecule has 0 fully saturated rings. The van der Waals surface area contributed by atoms with Crippen LogP contribution in [0.3, 0.4) is 0 Å². The summed E-state index contributed by atoms with van der Waals surface area (Å²) in [5, 5.41) is 9.49. The van der Waals surface area contributed by atoms with E-state index in [1.54, 1.807) is 26.0 Å². The van der Waals surface area contributed by atoms with E-state index in [1.165, 1.54) is 0 Å². The van der Waals surface area contributed by atoms with Crippen molar-refractivity contribution in [2.45, 2.75) is 32.6 Å². The Labute approximate surface area is 111 Å². The Balaban J connectivity index is 2.63. The fourth-order valence-corrected chi connectivity index (χ4v) is 2.50. The normalized spacial score (nSPS) is 12.1. The highest BCUT2D eigenvalue weighted by Crippen LogP contribution is 2.33. The van der Waals surface area contributed by atoms with Gasteiger partial charge < -0.3 is 9.67 Å². The van der Waals surface area contributed by atoms with Gasteiger partial charge in [-0.15, -0.1) is 0 Å². The standard InChI is InChI=1S/C15H18FNO2/c1-9-7-10-12(17(9)4)6-5-11(14(10)16)15(2,3)8-13(18)19/h5-7H,8H2,1-4H3,(H,18,19). The number of nitrogens with zero attached hydrogens (tertiary/aromatic N) is 1. The van der Waals surface area contributed by atoms with E-state index in [9.17, 15) is 9.18 Å². The lowest BCUT2D eigenvalue weighted by Crippen LogP contribution is -2.23. The molecule has 0 amide bonds. The third-order valence-corrected chi connectivity index (χ3v) is 3.72. The van der Waals surface area contributed by atoms with Gasteiger partial charge in [-0.25, -0.2) is 4.39 Å². The van der Waals surface area contributed by atoms with Gasteiger partial charge in [-0.3, -0.25) is 4.79 Å². The van der Waals surface area contributed by atoms with E-state index in [0.717, 1.165) is 11.2 Å². The molecule has 1 aromatic heterocycles. The molecule has 1 N–H and O–H groups in total. The minimum absolute atomic E-state index is 0.0960. The summed E-state index contributed by atoms with van der Waals surface area (Å²) in [7, 11) is 1.89. The van der Waals surface area contributed by atoms with Crippen molar-refractivity contribution < 1.29 is 14.3 Å². The lowest BCUT2D eigenvalue weighted by molar-refractivity contribution is -0.138. The summed E-state index contributed by atoms with van der Waals surface area (Å²) in [4.78, 5) is 10.9. The SMILES string of the molecule is Cc1cc2c(F)c(C(C)(C)CC(=O)O)ccc2n1C. The number of aliphatic carboxylic acids is 1. The molecule has 0 radical (unpaired) electrons. The zero-order valence-electron chi connectivity index (χ0n) is 11.6. The largest absolute Gasteiger partial charge is 0.481 e. The lowest BCUT2D eigenvalue weighted by Gasteiger charge is -2.24. The maximum atomic E-state index is 14.6. The van der Waals surface area contributed by atoms with Crippen molar-refractivity contribution in [3.05, 3.63) is 35.3 Å². The van der Waals surface area contributed by atoms with Crippen LogP contribution in [0.2, 0.25) is 0 Å². The molecule has 0 bridgehead atoms. The lowest BCUT2D eigenvalue weighted by atomic mass is 9.81. The number of rotatable bonds is 3. The van der Waals surface area contributed by atoms with Crippen molar-refractivity contribution in [3.8, 4) is 0 Å². The van der Waals surface area contributed by atoms with Gasteiger partial charge in [0, 0.05) is 23.5 Å². The molecule has 1 heterocycles. The monoisotopic (exact) mass is 263 g/mol. The van der Waals surface area contributed by atoms with Gasteiger partial charge in [-0.2, -0.15) is 0 Å². The van der Waals surface area contributed by atoms with Gasteiger partial charge in [0.25, 0.3) is 0 Å². The topological polar surface area (TPSA) is 42.2 Å². The van der Waals surface area contributed by atoms with Gasteiger partial charge >= 0.3 is 5.97 Å². The average Bonchev–Trinajstić information content (AvgIpc) is 2.55. The first kappa shape index (κ1) is 13.6. The molecule has 102 valence electrons. The van der Waals surface area contributed by atoms with Crippen molar-refractivity contribution in [1.29, 1.82) is 0 Å². The minimum atomic E-state index is -0.922. The summed E-state index contributed by atoms with van der Waals surface area (Å²) in [6.45, 7) is 5.42. The summed E-state index contributed by atoms with van der Waals surface area (Å²) < 4.78 is 16.5. The van der Waals surface area contributed by atoms with Crippen molar-refractivity contribution in [3.63, 3.8) is 0 Å². The summed E-state index contributed by atoms with van der Waals surface area (Å²) in [6, 6.07) is 5.34. The zero-order chi connectivity index (χ0) is 14.4. The van der Waals surface area contributed by atoms with Crippen molar-refractivity contribution >= 4 is 16.9 Å². The summed E-state index contributed by atoms with van der Waals surface area (Å²) in [5.41, 5.74) is 1.52. The van der Waals surface area contributed by atoms with E-state index in [4.69, 9.17) is 5.11 Å². The predicted octanol–water partition coefficient (Wildman–Crippen LogP) is 3.38. The molecule has 0 saturated carbocycles. The Kier molecular flexibility index (Phi) is 3.12. The van der Waals surface area contributed by atoms with Gasteiger partial charge in [-0.1, -0.05) is 19.9 Å². The van der Waals surface area contributed by atoms with Gasteiger partial charge in [0.15, 0.2) is 0 Å². The zero-order valence-corrected chi connectivity index (χ0v) is 11.6. The van der Waals surface area contributed by atoms with Gasteiger partial charge in [0.2, 0.25) is 0 Å². The Morgan fingerprint density at radius 3 is 2.63 bits per heavy atom. The molecular weight excluding hydrogens is 245 g/mol. The summed E-state index contributed by atoms with van der Waals surface area (Å²) >= 11 is 0. The van der Waals surface area contributed by atoms with Crippen molar-refractivity contribution in [1.82, 2.24) is 4.57 Å². The second-order valence-corrected chi connectivity index (χ2v) is 5.66. The van der Waals surface area contributed by atoms with Crippen molar-refractivity contribution in [2.75, 3.05) is 0 Å². The maximum absolute atomic E-state index is 14.6. The van der Waals surface area contributed by atoms with Crippen molar-refractivity contribution in [2.24, 2.45) is 7.05 Å². The molecule has 2 rings (SSSR count). The molecular formula is C15H18FNO2. The quantitative estimate of drug-likeness (QED) is 0.922. The first-order chi connectivity index (χ1) is 8.74. The minimum Gasteiger partial charge on any atom is -0.481 e. The number of hydrogen-bond donors (Lipinski definition) is 1. The van der Waals surface area contributed by atoms with Crippen LogP contribution in [0.15, 0.2) is 18.2 Å². The number of halogens is 1. The number of carbonyl (C=O) groups is 1. The number of hydrogen-bond acceptors (Lipinski definition) is 1. The molecule has 1 aromatic carbocycles. The number of carboxylic acid groups (broad SMARTS) is 1. The first-order valence-electron chi connectivity index (χ1n) is 6.21. The number of aromatic nitrogens is 1. The van der Waals surface area contributed by atoms with Gasteiger partial charge in [0.1, 0.15) is 5.82 Å². The molecule has 0 spiro atoms. The summed E-state index contributed by atoms with van der Waals surface area (Å²) in [5.74, 6) is -1.24. The molecule has 0 saturated heterocycles. The Morgan fingerprint density at radius 1 is 1.42 bits per heavy atom. The molecule has 19 heavy (non-hydrogen) atoms. The van der Waals surface area contributed by atoms with E-state index < -0.39 is 11.4 Å². The second-order valence-electron chi connectivity index (χ2n) is 5.66. The molecule has 0 atom stereocenters. The van der Waals surface area contributed by atoms with E-state index in [0.29, 0.717) is 10.9 Å². The smallest absolute Gasteiger partial charge is 0.304 e. The van der Waals surface area contributed by atoms with Crippen LogP contribution in [0, 0.1) is 12.7 Å². The number of benzene rings is 1. The first-order valence-corrected chi connectivity index (χ1v) is 6.21. The van der Waals surface area contributed by atoms with E-state index in [2.05, 4.69) is 0 Å². The molecule has 0 aliphatic heterocycles.